The van der Waals surface area contributed by atoms with Crippen molar-refractivity contribution in [2.24, 2.45) is 0 Å². The highest BCUT2D eigenvalue weighted by Gasteiger charge is 2.31. The fraction of sp³-hybridized carbons (Fsp3) is 0.417. The number of hydrogen-bond donors (Lipinski definition) is 0. The van der Waals surface area contributed by atoms with Crippen molar-refractivity contribution in [3.05, 3.63) is 29.6 Å². The van der Waals surface area contributed by atoms with Crippen LogP contribution in [-0.2, 0) is 14.8 Å². The molecule has 0 aliphatic carbocycles. The molecule has 0 spiro atoms. The van der Waals surface area contributed by atoms with E-state index in [-0.39, 0.29) is 24.6 Å². The van der Waals surface area contributed by atoms with E-state index in [1.807, 2.05) is 6.07 Å². The van der Waals surface area contributed by atoms with Crippen LogP contribution in [0.15, 0.2) is 23.1 Å². The minimum atomic E-state index is -3.80. The van der Waals surface area contributed by atoms with Crippen molar-refractivity contribution < 1.29 is 17.5 Å². The second-order valence-electron chi connectivity index (χ2n) is 4.26. The molecule has 1 fully saturated rings. The Morgan fingerprint density at radius 3 is 2.95 bits per heavy atom. The van der Waals surface area contributed by atoms with Crippen molar-refractivity contribution in [1.82, 2.24) is 4.31 Å². The third-order valence-corrected chi connectivity index (χ3v) is 4.95. The van der Waals surface area contributed by atoms with Gasteiger partial charge in [0.25, 0.3) is 0 Å². The van der Waals surface area contributed by atoms with Crippen LogP contribution in [0.5, 0.6) is 0 Å². The molecule has 2 rings (SSSR count). The van der Waals surface area contributed by atoms with Gasteiger partial charge in [-0.3, -0.25) is 0 Å². The van der Waals surface area contributed by atoms with Gasteiger partial charge in [-0.05, 0) is 24.6 Å². The van der Waals surface area contributed by atoms with E-state index in [0.717, 1.165) is 10.4 Å². The van der Waals surface area contributed by atoms with Crippen molar-refractivity contribution in [1.29, 1.82) is 5.26 Å². The van der Waals surface area contributed by atoms with Crippen LogP contribution in [0, 0.1) is 24.1 Å². The van der Waals surface area contributed by atoms with Gasteiger partial charge in [-0.15, -0.1) is 0 Å². The Bertz CT molecular complexity index is 624. The number of hydrogen-bond acceptors (Lipinski definition) is 4. The lowest BCUT2D eigenvalue weighted by Gasteiger charge is -2.29. The first-order valence-corrected chi connectivity index (χ1v) is 7.16. The van der Waals surface area contributed by atoms with E-state index in [1.165, 1.54) is 12.1 Å². The van der Waals surface area contributed by atoms with E-state index in [0.29, 0.717) is 5.56 Å². The molecule has 1 aromatic carbocycles. The van der Waals surface area contributed by atoms with Gasteiger partial charge >= 0.3 is 0 Å². The van der Waals surface area contributed by atoms with Gasteiger partial charge in [-0.1, -0.05) is 6.07 Å². The molecular formula is C12H13FN2O3S. The van der Waals surface area contributed by atoms with E-state index in [4.69, 9.17) is 10.00 Å². The highest BCUT2D eigenvalue weighted by molar-refractivity contribution is 7.89. The standard InChI is InChI=1S/C12H13FN2O3S/c1-9-2-3-10(13)6-12(9)19(16,17)15-4-5-18-11(7-14)8-15/h2-3,6,11H,4-5,8H2,1H3. The molecular weight excluding hydrogens is 271 g/mol. The molecule has 0 amide bonds. The molecule has 1 atom stereocenters. The summed E-state index contributed by atoms with van der Waals surface area (Å²) >= 11 is 0. The molecule has 102 valence electrons. The smallest absolute Gasteiger partial charge is 0.243 e. The monoisotopic (exact) mass is 284 g/mol. The zero-order valence-electron chi connectivity index (χ0n) is 10.3. The summed E-state index contributed by atoms with van der Waals surface area (Å²) in [5, 5.41) is 8.79. The molecule has 1 saturated heterocycles. The molecule has 1 aliphatic rings. The number of nitrogens with zero attached hydrogens (tertiary/aromatic N) is 2. The molecule has 1 unspecified atom stereocenters. The van der Waals surface area contributed by atoms with Crippen molar-refractivity contribution in [3.8, 4) is 6.07 Å². The van der Waals surface area contributed by atoms with Gasteiger partial charge in [0, 0.05) is 6.54 Å². The summed E-state index contributed by atoms with van der Waals surface area (Å²) in [7, 11) is -3.80. The predicted molar refractivity (Wildman–Crippen MR) is 65.2 cm³/mol. The molecule has 0 N–H and O–H groups in total. The number of rotatable bonds is 2. The van der Waals surface area contributed by atoms with Crippen LogP contribution in [0.3, 0.4) is 0 Å². The van der Waals surface area contributed by atoms with Crippen LogP contribution in [0.2, 0.25) is 0 Å². The number of sulfonamides is 1. The van der Waals surface area contributed by atoms with Gasteiger partial charge in [0.1, 0.15) is 5.82 Å². The topological polar surface area (TPSA) is 70.4 Å². The quantitative estimate of drug-likeness (QED) is 0.814. The summed E-state index contributed by atoms with van der Waals surface area (Å²) in [5.74, 6) is -0.603. The second-order valence-corrected chi connectivity index (χ2v) is 6.17. The summed E-state index contributed by atoms with van der Waals surface area (Å²) in [6.45, 7) is 1.89. The molecule has 0 saturated carbocycles. The molecule has 7 heteroatoms. The Labute approximate surface area is 111 Å². The average Bonchev–Trinajstić information content (AvgIpc) is 2.41. The number of morpholine rings is 1. The van der Waals surface area contributed by atoms with Crippen LogP contribution in [-0.4, -0.2) is 38.5 Å². The maximum absolute atomic E-state index is 13.2. The Morgan fingerprint density at radius 1 is 1.53 bits per heavy atom. The third-order valence-electron chi connectivity index (χ3n) is 2.94. The summed E-state index contributed by atoms with van der Waals surface area (Å²) < 4.78 is 44.3. The Morgan fingerprint density at radius 2 is 2.26 bits per heavy atom. The van der Waals surface area contributed by atoms with Crippen molar-refractivity contribution in [2.75, 3.05) is 19.7 Å². The Balaban J connectivity index is 2.37. The molecule has 1 aromatic rings. The van der Waals surface area contributed by atoms with Crippen molar-refractivity contribution in [2.45, 2.75) is 17.9 Å². The number of halogens is 1. The first-order valence-electron chi connectivity index (χ1n) is 5.72. The second kappa shape index (κ2) is 5.25. The van der Waals surface area contributed by atoms with Crippen LogP contribution in [0.25, 0.3) is 0 Å². The lowest BCUT2D eigenvalue weighted by Crippen LogP contribution is -2.45. The van der Waals surface area contributed by atoms with E-state index >= 15 is 0 Å². The maximum Gasteiger partial charge on any atom is 0.243 e. The Hall–Kier alpha value is -1.49. The minimum absolute atomic E-state index is 0.0329. The van der Waals surface area contributed by atoms with Crippen molar-refractivity contribution in [3.63, 3.8) is 0 Å². The molecule has 5 nitrogen and oxygen atoms in total. The summed E-state index contributed by atoms with van der Waals surface area (Å²) in [5.41, 5.74) is 0.474. The molecule has 0 radical (unpaired) electrons. The number of nitriles is 1. The fourth-order valence-electron chi connectivity index (χ4n) is 1.91. The largest absolute Gasteiger partial charge is 0.361 e. The number of benzene rings is 1. The highest BCUT2D eigenvalue weighted by Crippen LogP contribution is 2.22. The summed E-state index contributed by atoms with van der Waals surface area (Å²) in [6, 6.07) is 5.52. The molecule has 1 heterocycles. The number of ether oxygens (including phenoxy) is 1. The van der Waals surface area contributed by atoms with Gasteiger partial charge in [-0.2, -0.15) is 9.57 Å². The van der Waals surface area contributed by atoms with E-state index in [9.17, 15) is 12.8 Å². The number of aryl methyl sites for hydroxylation is 1. The van der Waals surface area contributed by atoms with Gasteiger partial charge in [0.2, 0.25) is 10.0 Å². The van der Waals surface area contributed by atoms with Crippen LogP contribution >= 0.6 is 0 Å². The summed E-state index contributed by atoms with van der Waals surface area (Å²) in [4.78, 5) is -0.0638. The normalized spacial score (nSPS) is 21.0. The zero-order chi connectivity index (χ0) is 14.0. The minimum Gasteiger partial charge on any atom is -0.361 e. The van der Waals surface area contributed by atoms with Crippen LogP contribution in [0.4, 0.5) is 4.39 Å². The molecule has 0 aromatic heterocycles. The predicted octanol–water partition coefficient (Wildman–Crippen LogP) is 1.05. The third kappa shape index (κ3) is 2.76. The van der Waals surface area contributed by atoms with E-state index in [1.54, 1.807) is 6.92 Å². The van der Waals surface area contributed by atoms with Gasteiger partial charge in [0.05, 0.1) is 24.1 Å². The van der Waals surface area contributed by atoms with E-state index < -0.39 is 21.9 Å². The van der Waals surface area contributed by atoms with Gasteiger partial charge in [-0.25, -0.2) is 12.8 Å². The average molecular weight is 284 g/mol. The van der Waals surface area contributed by atoms with Crippen LogP contribution < -0.4 is 0 Å². The lowest BCUT2D eigenvalue weighted by molar-refractivity contribution is 0.0311. The van der Waals surface area contributed by atoms with Crippen LogP contribution in [0.1, 0.15) is 5.56 Å². The van der Waals surface area contributed by atoms with Gasteiger partial charge < -0.3 is 4.74 Å². The SMILES string of the molecule is Cc1ccc(F)cc1S(=O)(=O)N1CCOC(C#N)C1. The first-order chi connectivity index (χ1) is 8.95. The zero-order valence-corrected chi connectivity index (χ0v) is 11.2. The molecule has 19 heavy (non-hydrogen) atoms. The van der Waals surface area contributed by atoms with Gasteiger partial charge in [0.15, 0.2) is 6.10 Å². The fourth-order valence-corrected chi connectivity index (χ4v) is 3.57. The lowest BCUT2D eigenvalue weighted by atomic mass is 10.2. The highest BCUT2D eigenvalue weighted by atomic mass is 32.2. The molecule has 0 bridgehead atoms. The summed E-state index contributed by atoms with van der Waals surface area (Å²) in [6.07, 6.45) is -0.780. The Kier molecular flexibility index (Phi) is 3.85. The molecule has 1 aliphatic heterocycles. The van der Waals surface area contributed by atoms with Crippen molar-refractivity contribution >= 4 is 10.0 Å². The maximum atomic E-state index is 13.2. The van der Waals surface area contributed by atoms with E-state index in [2.05, 4.69) is 0 Å². The first kappa shape index (κ1) is 13.9.